The summed E-state index contributed by atoms with van der Waals surface area (Å²) in [5.74, 6) is 1.32. The van der Waals surface area contributed by atoms with Gasteiger partial charge in [0.05, 0.1) is 22.3 Å². The minimum atomic E-state index is 0.442. The molecule has 3 rings (SSSR count). The van der Waals surface area contributed by atoms with Crippen molar-refractivity contribution < 1.29 is 9.47 Å². The molecule has 0 unspecified atom stereocenters. The number of hydrogen-bond donors (Lipinski definition) is 0. The van der Waals surface area contributed by atoms with Crippen LogP contribution in [0.25, 0.3) is 11.6 Å². The second-order valence-corrected chi connectivity index (χ2v) is 9.12. The first-order chi connectivity index (χ1) is 14.0. The summed E-state index contributed by atoms with van der Waals surface area (Å²) >= 11 is 9.09. The summed E-state index contributed by atoms with van der Waals surface area (Å²) in [5.41, 5.74) is 3.39. The van der Waals surface area contributed by atoms with Crippen molar-refractivity contribution in [1.82, 2.24) is 0 Å². The summed E-state index contributed by atoms with van der Waals surface area (Å²) in [5, 5.41) is 9.60. The van der Waals surface area contributed by atoms with Gasteiger partial charge >= 0.3 is 0 Å². The zero-order chi connectivity index (χ0) is 20.8. The number of benzene rings is 3. The maximum Gasteiger partial charge on any atom is 0.174 e. The van der Waals surface area contributed by atoms with Gasteiger partial charge in [0.1, 0.15) is 6.61 Å². The number of allylic oxidation sites excluding steroid dienone is 1. The molecule has 0 radical (unpaired) electrons. The number of halogens is 3. The van der Waals surface area contributed by atoms with Gasteiger partial charge in [0, 0.05) is 8.95 Å². The predicted octanol–water partition coefficient (Wildman–Crippen LogP) is 7.47. The van der Waals surface area contributed by atoms with Crippen LogP contribution in [0.3, 0.4) is 0 Å². The molecule has 0 N–H and O–H groups in total. The van der Waals surface area contributed by atoms with Crippen LogP contribution < -0.4 is 9.47 Å². The molecule has 0 spiro atoms. The Balaban J connectivity index is 1.88. The number of nitriles is 1. The Bertz CT molecular complexity index is 1070. The molecule has 6 heteroatoms. The van der Waals surface area contributed by atoms with Gasteiger partial charge in [-0.15, -0.1) is 0 Å². The monoisotopic (exact) mass is 623 g/mol. The second kappa shape index (κ2) is 10.3. The minimum absolute atomic E-state index is 0.442. The summed E-state index contributed by atoms with van der Waals surface area (Å²) in [6, 6.07) is 21.8. The molecular weight excluding hydrogens is 609 g/mol. The van der Waals surface area contributed by atoms with Crippen molar-refractivity contribution in [3.8, 4) is 17.6 Å². The van der Waals surface area contributed by atoms with E-state index in [1.165, 1.54) is 0 Å². The zero-order valence-corrected chi connectivity index (χ0v) is 20.8. The van der Waals surface area contributed by atoms with E-state index in [0.29, 0.717) is 23.7 Å². The standard InChI is InChI=1S/C23H16Br2INO2/c1-28-22-12-16(10-18(13-27)17-4-8-20(25)9-5-17)11-21(26)23(22)29-14-15-2-6-19(24)7-3-15/h2-12H,14H2,1H3/b18-10-. The van der Waals surface area contributed by atoms with Gasteiger partial charge < -0.3 is 9.47 Å². The Morgan fingerprint density at radius 1 is 1.03 bits per heavy atom. The molecule has 29 heavy (non-hydrogen) atoms. The van der Waals surface area contributed by atoms with E-state index in [0.717, 1.165) is 29.2 Å². The molecule has 0 aliphatic carbocycles. The van der Waals surface area contributed by atoms with Crippen LogP contribution >= 0.6 is 54.5 Å². The first kappa shape index (κ1) is 21.9. The fourth-order valence-electron chi connectivity index (χ4n) is 2.68. The molecule has 0 aliphatic heterocycles. The van der Waals surface area contributed by atoms with Crippen LogP contribution in [0.4, 0.5) is 0 Å². The van der Waals surface area contributed by atoms with Crippen LogP contribution in [-0.4, -0.2) is 7.11 Å². The van der Waals surface area contributed by atoms with Gasteiger partial charge in [-0.2, -0.15) is 5.26 Å². The summed E-state index contributed by atoms with van der Waals surface area (Å²) in [6.45, 7) is 0.442. The lowest BCUT2D eigenvalue weighted by atomic mass is 10.0. The van der Waals surface area contributed by atoms with E-state index < -0.39 is 0 Å². The Labute approximate surface area is 200 Å². The van der Waals surface area contributed by atoms with E-state index in [-0.39, 0.29) is 0 Å². The first-order valence-corrected chi connectivity index (χ1v) is 11.3. The Morgan fingerprint density at radius 2 is 1.66 bits per heavy atom. The van der Waals surface area contributed by atoms with Gasteiger partial charge in [0.2, 0.25) is 0 Å². The third-order valence-electron chi connectivity index (χ3n) is 4.13. The molecule has 146 valence electrons. The molecule has 0 fully saturated rings. The van der Waals surface area contributed by atoms with Crippen molar-refractivity contribution in [3.05, 3.63) is 89.9 Å². The van der Waals surface area contributed by atoms with E-state index in [1.54, 1.807) is 7.11 Å². The van der Waals surface area contributed by atoms with E-state index in [9.17, 15) is 5.26 Å². The van der Waals surface area contributed by atoms with Crippen LogP contribution in [0.15, 0.2) is 69.6 Å². The maximum absolute atomic E-state index is 9.60. The molecule has 0 saturated heterocycles. The van der Waals surface area contributed by atoms with Crippen LogP contribution in [0.1, 0.15) is 16.7 Å². The molecule has 0 aliphatic rings. The zero-order valence-electron chi connectivity index (χ0n) is 15.5. The Kier molecular flexibility index (Phi) is 7.76. The Morgan fingerprint density at radius 3 is 2.24 bits per heavy atom. The number of hydrogen-bond acceptors (Lipinski definition) is 3. The summed E-state index contributed by atoms with van der Waals surface area (Å²) in [6.07, 6.45) is 1.85. The largest absolute Gasteiger partial charge is 0.493 e. The van der Waals surface area contributed by atoms with Crippen LogP contribution in [-0.2, 0) is 6.61 Å². The van der Waals surface area contributed by atoms with Crippen molar-refractivity contribution >= 4 is 66.1 Å². The molecule has 0 bridgehead atoms. The first-order valence-electron chi connectivity index (χ1n) is 8.62. The van der Waals surface area contributed by atoms with E-state index in [1.807, 2.05) is 66.7 Å². The highest BCUT2D eigenvalue weighted by molar-refractivity contribution is 14.1. The van der Waals surface area contributed by atoms with Gasteiger partial charge in [0.15, 0.2) is 11.5 Å². The average Bonchev–Trinajstić information content (AvgIpc) is 2.72. The lowest BCUT2D eigenvalue weighted by Gasteiger charge is -2.14. The maximum atomic E-state index is 9.60. The third kappa shape index (κ3) is 5.84. The lowest BCUT2D eigenvalue weighted by molar-refractivity contribution is 0.282. The van der Waals surface area contributed by atoms with Gasteiger partial charge in [-0.05, 0) is 81.8 Å². The number of nitrogens with zero attached hydrogens (tertiary/aromatic N) is 1. The molecule has 3 aromatic carbocycles. The SMILES string of the molecule is COc1cc(/C=C(/C#N)c2ccc(Br)cc2)cc(I)c1OCc1ccc(Br)cc1. The molecule has 0 atom stereocenters. The summed E-state index contributed by atoms with van der Waals surface area (Å²) < 4.78 is 14.5. The highest BCUT2D eigenvalue weighted by Gasteiger charge is 2.12. The lowest BCUT2D eigenvalue weighted by Crippen LogP contribution is -2.00. The highest BCUT2D eigenvalue weighted by Crippen LogP contribution is 2.35. The molecular formula is C23H16Br2INO2. The van der Waals surface area contributed by atoms with E-state index in [2.05, 4.69) is 60.5 Å². The number of rotatable bonds is 6. The van der Waals surface area contributed by atoms with Crippen LogP contribution in [0.5, 0.6) is 11.5 Å². The van der Waals surface area contributed by atoms with Gasteiger partial charge in [-0.1, -0.05) is 56.1 Å². The van der Waals surface area contributed by atoms with Crippen LogP contribution in [0, 0.1) is 14.9 Å². The molecule has 0 aromatic heterocycles. The van der Waals surface area contributed by atoms with E-state index in [4.69, 9.17) is 9.47 Å². The van der Waals surface area contributed by atoms with Crippen LogP contribution in [0.2, 0.25) is 0 Å². The average molecular weight is 625 g/mol. The molecule has 3 nitrogen and oxygen atoms in total. The molecule has 0 heterocycles. The van der Waals surface area contributed by atoms with Gasteiger partial charge in [-0.3, -0.25) is 0 Å². The highest BCUT2D eigenvalue weighted by atomic mass is 127. The quantitative estimate of drug-likeness (QED) is 0.162. The molecule has 3 aromatic rings. The smallest absolute Gasteiger partial charge is 0.174 e. The van der Waals surface area contributed by atoms with Crippen molar-refractivity contribution in [2.75, 3.05) is 7.11 Å². The predicted molar refractivity (Wildman–Crippen MR) is 132 cm³/mol. The van der Waals surface area contributed by atoms with Gasteiger partial charge in [-0.25, -0.2) is 0 Å². The van der Waals surface area contributed by atoms with Gasteiger partial charge in [0.25, 0.3) is 0 Å². The van der Waals surface area contributed by atoms with Crippen molar-refractivity contribution in [2.24, 2.45) is 0 Å². The number of ether oxygens (including phenoxy) is 2. The topological polar surface area (TPSA) is 42.2 Å². The van der Waals surface area contributed by atoms with E-state index >= 15 is 0 Å². The van der Waals surface area contributed by atoms with Crippen molar-refractivity contribution in [2.45, 2.75) is 6.61 Å². The van der Waals surface area contributed by atoms with Crippen molar-refractivity contribution in [3.63, 3.8) is 0 Å². The van der Waals surface area contributed by atoms with Crippen molar-refractivity contribution in [1.29, 1.82) is 5.26 Å². The fourth-order valence-corrected chi connectivity index (χ4v) is 3.99. The third-order valence-corrected chi connectivity index (χ3v) is 5.99. The number of methoxy groups -OCH3 is 1. The normalized spacial score (nSPS) is 11.1. The Hall–Kier alpha value is -1.82. The summed E-state index contributed by atoms with van der Waals surface area (Å²) in [4.78, 5) is 0. The second-order valence-electron chi connectivity index (χ2n) is 6.13. The fraction of sp³-hybridized carbons (Fsp3) is 0.0870. The molecule has 0 saturated carbocycles. The molecule has 0 amide bonds. The summed E-state index contributed by atoms with van der Waals surface area (Å²) in [7, 11) is 1.62. The minimum Gasteiger partial charge on any atom is -0.493 e.